The average Bonchev–Trinajstić information content (AvgIpc) is 3.19. The SMILES string of the molecule is O=c1c(CN(Cc2ccc(F)cc2)C[C@@H]2CCCO2)coc2ccccc12. The zero-order chi connectivity index (χ0) is 18.6. The fraction of sp³-hybridized carbons (Fsp3) is 0.318. The first kappa shape index (κ1) is 17.9. The second kappa shape index (κ2) is 8.03. The molecule has 140 valence electrons. The molecule has 0 bridgehead atoms. The Morgan fingerprint density at radius 3 is 2.67 bits per heavy atom. The molecule has 0 radical (unpaired) electrons. The van der Waals surface area contributed by atoms with Crippen molar-refractivity contribution in [1.82, 2.24) is 4.90 Å². The maximum Gasteiger partial charge on any atom is 0.197 e. The van der Waals surface area contributed by atoms with Crippen LogP contribution in [0.15, 0.2) is 64.0 Å². The zero-order valence-electron chi connectivity index (χ0n) is 15.1. The molecule has 27 heavy (non-hydrogen) atoms. The predicted molar refractivity (Wildman–Crippen MR) is 102 cm³/mol. The zero-order valence-corrected chi connectivity index (χ0v) is 15.1. The molecule has 0 aliphatic carbocycles. The molecule has 0 amide bonds. The lowest BCUT2D eigenvalue weighted by molar-refractivity contribution is 0.0676. The van der Waals surface area contributed by atoms with Crippen LogP contribution < -0.4 is 5.43 Å². The molecule has 1 aliphatic rings. The second-order valence-corrected chi connectivity index (χ2v) is 7.02. The molecule has 2 aromatic carbocycles. The van der Waals surface area contributed by atoms with E-state index >= 15 is 0 Å². The quantitative estimate of drug-likeness (QED) is 0.657. The van der Waals surface area contributed by atoms with Crippen LogP contribution in [0.1, 0.15) is 24.0 Å². The molecule has 0 N–H and O–H groups in total. The summed E-state index contributed by atoms with van der Waals surface area (Å²) in [6, 6.07) is 13.8. The Morgan fingerprint density at radius 1 is 1.07 bits per heavy atom. The molecular formula is C22H22FNO3. The highest BCUT2D eigenvalue weighted by Crippen LogP contribution is 2.18. The number of benzene rings is 2. The van der Waals surface area contributed by atoms with Crippen LogP contribution in [-0.2, 0) is 17.8 Å². The lowest BCUT2D eigenvalue weighted by Gasteiger charge is -2.25. The van der Waals surface area contributed by atoms with Gasteiger partial charge in [0.05, 0.1) is 17.8 Å². The molecule has 4 rings (SSSR count). The summed E-state index contributed by atoms with van der Waals surface area (Å²) in [6.07, 6.45) is 3.80. The van der Waals surface area contributed by atoms with Crippen LogP contribution in [0.3, 0.4) is 0 Å². The lowest BCUT2D eigenvalue weighted by Crippen LogP contribution is -2.33. The average molecular weight is 367 g/mol. The highest BCUT2D eigenvalue weighted by molar-refractivity contribution is 5.76. The van der Waals surface area contributed by atoms with Gasteiger partial charge in [-0.05, 0) is 42.7 Å². The van der Waals surface area contributed by atoms with Crippen molar-refractivity contribution in [1.29, 1.82) is 0 Å². The van der Waals surface area contributed by atoms with E-state index in [0.717, 1.165) is 31.6 Å². The van der Waals surface area contributed by atoms with E-state index in [4.69, 9.17) is 9.15 Å². The number of nitrogens with zero attached hydrogens (tertiary/aromatic N) is 1. The van der Waals surface area contributed by atoms with Crippen LogP contribution in [0.25, 0.3) is 11.0 Å². The molecule has 0 spiro atoms. The fourth-order valence-corrected chi connectivity index (χ4v) is 3.58. The standard InChI is InChI=1S/C22H22FNO3/c23-18-9-7-16(8-10-18)12-24(14-19-4-3-11-26-19)13-17-15-27-21-6-2-1-5-20(21)22(17)25/h1-2,5-10,15,19H,3-4,11-14H2/t19-/m0/s1. The van der Waals surface area contributed by atoms with E-state index in [9.17, 15) is 9.18 Å². The second-order valence-electron chi connectivity index (χ2n) is 7.02. The summed E-state index contributed by atoms with van der Waals surface area (Å²) < 4.78 is 24.6. The van der Waals surface area contributed by atoms with E-state index < -0.39 is 0 Å². The van der Waals surface area contributed by atoms with Crippen LogP contribution in [-0.4, -0.2) is 24.2 Å². The van der Waals surface area contributed by atoms with Gasteiger partial charge < -0.3 is 9.15 Å². The maximum absolute atomic E-state index is 13.2. The van der Waals surface area contributed by atoms with E-state index in [2.05, 4.69) is 4.90 Å². The Hall–Kier alpha value is -2.50. The van der Waals surface area contributed by atoms with Gasteiger partial charge in [0.1, 0.15) is 11.4 Å². The van der Waals surface area contributed by atoms with Crippen LogP contribution >= 0.6 is 0 Å². The topological polar surface area (TPSA) is 42.7 Å². The van der Waals surface area contributed by atoms with Gasteiger partial charge in [0.25, 0.3) is 0 Å². The molecule has 1 saturated heterocycles. The van der Waals surface area contributed by atoms with Gasteiger partial charge in [0, 0.05) is 31.8 Å². The number of ether oxygens (including phenoxy) is 1. The number of hydrogen-bond acceptors (Lipinski definition) is 4. The van der Waals surface area contributed by atoms with Crippen molar-refractivity contribution in [3.05, 3.63) is 82.0 Å². The molecule has 0 saturated carbocycles. The summed E-state index contributed by atoms with van der Waals surface area (Å²) in [4.78, 5) is 15.0. The van der Waals surface area contributed by atoms with E-state index in [1.165, 1.54) is 12.1 Å². The molecule has 4 nitrogen and oxygen atoms in total. The Bertz CT molecular complexity index is 961. The largest absolute Gasteiger partial charge is 0.464 e. The summed E-state index contributed by atoms with van der Waals surface area (Å²) in [5.74, 6) is -0.250. The first-order valence-electron chi connectivity index (χ1n) is 9.27. The summed E-state index contributed by atoms with van der Waals surface area (Å²) in [5, 5.41) is 0.592. The number of fused-ring (bicyclic) bond motifs is 1. The number of halogens is 1. The Labute approximate surface area is 157 Å². The summed E-state index contributed by atoms with van der Waals surface area (Å²) >= 11 is 0. The first-order chi connectivity index (χ1) is 13.2. The first-order valence-corrected chi connectivity index (χ1v) is 9.27. The third-order valence-electron chi connectivity index (χ3n) is 4.95. The summed E-state index contributed by atoms with van der Waals surface area (Å²) in [5.41, 5.74) is 2.21. The minimum Gasteiger partial charge on any atom is -0.464 e. The minimum atomic E-state index is -0.250. The highest BCUT2D eigenvalue weighted by atomic mass is 19.1. The van der Waals surface area contributed by atoms with Crippen LogP contribution in [0, 0.1) is 5.82 Å². The molecule has 5 heteroatoms. The molecule has 1 atom stereocenters. The van der Waals surface area contributed by atoms with Crippen molar-refractivity contribution in [2.45, 2.75) is 32.0 Å². The third kappa shape index (κ3) is 4.26. The Morgan fingerprint density at radius 2 is 1.89 bits per heavy atom. The monoisotopic (exact) mass is 367 g/mol. The van der Waals surface area contributed by atoms with Gasteiger partial charge in [-0.1, -0.05) is 24.3 Å². The number of rotatable bonds is 6. The van der Waals surface area contributed by atoms with E-state index in [1.54, 1.807) is 30.5 Å². The number of hydrogen-bond donors (Lipinski definition) is 0. The van der Waals surface area contributed by atoms with Crippen molar-refractivity contribution in [3.63, 3.8) is 0 Å². The van der Waals surface area contributed by atoms with Crippen molar-refractivity contribution >= 4 is 11.0 Å². The molecule has 1 fully saturated rings. The molecule has 2 heterocycles. The van der Waals surface area contributed by atoms with Gasteiger partial charge in [-0.25, -0.2) is 4.39 Å². The van der Waals surface area contributed by atoms with Crippen molar-refractivity contribution < 1.29 is 13.5 Å². The molecule has 1 aliphatic heterocycles. The van der Waals surface area contributed by atoms with Gasteiger partial charge in [0.15, 0.2) is 5.43 Å². The summed E-state index contributed by atoms with van der Waals surface area (Å²) in [6.45, 7) is 2.59. The molecule has 1 aromatic heterocycles. The minimum absolute atomic E-state index is 0.00621. The van der Waals surface area contributed by atoms with Crippen LogP contribution in [0.5, 0.6) is 0 Å². The van der Waals surface area contributed by atoms with Gasteiger partial charge in [-0.3, -0.25) is 9.69 Å². The summed E-state index contributed by atoms with van der Waals surface area (Å²) in [7, 11) is 0. The van der Waals surface area contributed by atoms with Crippen molar-refractivity contribution in [2.75, 3.05) is 13.2 Å². The third-order valence-corrected chi connectivity index (χ3v) is 4.95. The van der Waals surface area contributed by atoms with Crippen molar-refractivity contribution in [3.8, 4) is 0 Å². The predicted octanol–water partition coefficient (Wildman–Crippen LogP) is 4.11. The van der Waals surface area contributed by atoms with E-state index in [0.29, 0.717) is 29.6 Å². The van der Waals surface area contributed by atoms with Gasteiger partial charge in [-0.15, -0.1) is 0 Å². The van der Waals surface area contributed by atoms with Crippen LogP contribution in [0.2, 0.25) is 0 Å². The molecule has 0 unspecified atom stereocenters. The fourth-order valence-electron chi connectivity index (χ4n) is 3.58. The smallest absolute Gasteiger partial charge is 0.197 e. The lowest BCUT2D eigenvalue weighted by atomic mass is 10.1. The highest BCUT2D eigenvalue weighted by Gasteiger charge is 2.21. The maximum atomic E-state index is 13.2. The molecule has 3 aromatic rings. The number of para-hydroxylation sites is 1. The Balaban J connectivity index is 1.58. The van der Waals surface area contributed by atoms with Gasteiger partial charge >= 0.3 is 0 Å². The van der Waals surface area contributed by atoms with Gasteiger partial charge in [0.2, 0.25) is 0 Å². The normalized spacial score (nSPS) is 17.0. The van der Waals surface area contributed by atoms with E-state index in [1.807, 2.05) is 12.1 Å². The van der Waals surface area contributed by atoms with Gasteiger partial charge in [-0.2, -0.15) is 0 Å². The Kier molecular flexibility index (Phi) is 5.32. The van der Waals surface area contributed by atoms with E-state index in [-0.39, 0.29) is 17.3 Å². The van der Waals surface area contributed by atoms with Crippen LogP contribution in [0.4, 0.5) is 4.39 Å². The van der Waals surface area contributed by atoms with Crippen molar-refractivity contribution in [2.24, 2.45) is 0 Å². The molecular weight excluding hydrogens is 345 g/mol.